The highest BCUT2D eigenvalue weighted by atomic mass is 16.6. The minimum absolute atomic E-state index is 0.0671. The fourth-order valence-electron chi connectivity index (χ4n) is 4.95. The van der Waals surface area contributed by atoms with Gasteiger partial charge in [-0.1, -0.05) is 42.5 Å². The van der Waals surface area contributed by atoms with Crippen molar-refractivity contribution in [3.63, 3.8) is 0 Å². The molecular formula is C25H31N3O3. The maximum atomic E-state index is 13.2. The molecule has 164 valence electrons. The largest absolute Gasteiger partial charge is 0.342 e. The van der Waals surface area contributed by atoms with E-state index in [0.29, 0.717) is 11.8 Å². The van der Waals surface area contributed by atoms with Crippen molar-refractivity contribution in [2.24, 2.45) is 11.8 Å². The number of non-ortho nitro benzene ring substituents is 1. The summed E-state index contributed by atoms with van der Waals surface area (Å²) in [5.74, 6) is 1.04. The molecule has 31 heavy (non-hydrogen) atoms. The van der Waals surface area contributed by atoms with Gasteiger partial charge in [0.15, 0.2) is 0 Å². The average molecular weight is 422 g/mol. The van der Waals surface area contributed by atoms with E-state index in [-0.39, 0.29) is 16.5 Å². The number of nitro groups is 1. The molecule has 2 aromatic rings. The average Bonchev–Trinajstić information content (AvgIpc) is 2.80. The van der Waals surface area contributed by atoms with Crippen molar-refractivity contribution < 1.29 is 9.72 Å². The molecule has 2 saturated heterocycles. The van der Waals surface area contributed by atoms with E-state index in [9.17, 15) is 14.9 Å². The van der Waals surface area contributed by atoms with E-state index in [4.69, 9.17) is 0 Å². The van der Waals surface area contributed by atoms with Gasteiger partial charge in [0.05, 0.1) is 10.8 Å². The van der Waals surface area contributed by atoms with Crippen molar-refractivity contribution >= 4 is 11.6 Å². The zero-order chi connectivity index (χ0) is 21.6. The van der Waals surface area contributed by atoms with Crippen LogP contribution in [0.2, 0.25) is 0 Å². The summed E-state index contributed by atoms with van der Waals surface area (Å²) in [6.07, 6.45) is 5.25. The number of piperidine rings is 2. The lowest BCUT2D eigenvalue weighted by Crippen LogP contribution is -2.47. The molecule has 2 heterocycles. The number of amides is 1. The maximum Gasteiger partial charge on any atom is 0.269 e. The van der Waals surface area contributed by atoms with Gasteiger partial charge in [-0.05, 0) is 55.7 Å². The number of benzene rings is 2. The number of carbonyl (C=O) groups excluding carboxylic acids is 1. The van der Waals surface area contributed by atoms with Gasteiger partial charge in [0.2, 0.25) is 5.91 Å². The van der Waals surface area contributed by atoms with Crippen molar-refractivity contribution in [2.75, 3.05) is 26.2 Å². The molecule has 1 unspecified atom stereocenters. The van der Waals surface area contributed by atoms with Crippen LogP contribution in [0.15, 0.2) is 54.6 Å². The first-order valence-corrected chi connectivity index (χ1v) is 11.4. The van der Waals surface area contributed by atoms with Crippen molar-refractivity contribution in [1.29, 1.82) is 0 Å². The standard InChI is InChI=1S/C25H31N3O3/c29-25(27-15-12-21(13-16-27)17-20-5-2-1-3-6-20)23-7-4-14-26(19-23)18-22-8-10-24(11-9-22)28(30)31/h1-3,5-6,8-11,21,23H,4,7,12-19H2. The highest BCUT2D eigenvalue weighted by Crippen LogP contribution is 2.26. The van der Waals surface area contributed by atoms with Crippen LogP contribution in [0, 0.1) is 22.0 Å². The van der Waals surface area contributed by atoms with Gasteiger partial charge in [0.25, 0.3) is 5.69 Å². The summed E-state index contributed by atoms with van der Waals surface area (Å²) in [5.41, 5.74) is 2.56. The molecule has 4 rings (SSSR count). The minimum Gasteiger partial charge on any atom is -0.342 e. The second kappa shape index (κ2) is 10.1. The minimum atomic E-state index is -0.373. The van der Waals surface area contributed by atoms with Gasteiger partial charge in [-0.3, -0.25) is 19.8 Å². The molecule has 0 spiro atoms. The van der Waals surface area contributed by atoms with E-state index in [1.165, 1.54) is 5.56 Å². The summed E-state index contributed by atoms with van der Waals surface area (Å²) in [6.45, 7) is 4.23. The first kappa shape index (κ1) is 21.5. The predicted octanol–water partition coefficient (Wildman–Crippen LogP) is 4.29. The smallest absolute Gasteiger partial charge is 0.269 e. The first-order chi connectivity index (χ1) is 15.1. The number of nitro benzene ring substituents is 1. The summed E-state index contributed by atoms with van der Waals surface area (Å²) in [7, 11) is 0. The molecule has 2 aromatic carbocycles. The van der Waals surface area contributed by atoms with Crippen LogP contribution in [0.1, 0.15) is 36.8 Å². The SMILES string of the molecule is O=C(C1CCCN(Cc2ccc([N+](=O)[O-])cc2)C1)N1CCC(Cc2ccccc2)CC1. The summed E-state index contributed by atoms with van der Waals surface area (Å²) in [4.78, 5) is 28.0. The Morgan fingerprint density at radius 3 is 2.32 bits per heavy atom. The van der Waals surface area contributed by atoms with E-state index in [1.807, 2.05) is 12.1 Å². The lowest BCUT2D eigenvalue weighted by molar-refractivity contribution is -0.384. The second-order valence-corrected chi connectivity index (χ2v) is 8.96. The van der Waals surface area contributed by atoms with Crippen LogP contribution in [0.5, 0.6) is 0 Å². The van der Waals surface area contributed by atoms with Crippen LogP contribution in [-0.4, -0.2) is 46.8 Å². The fraction of sp³-hybridized carbons (Fsp3) is 0.480. The number of hydrogen-bond donors (Lipinski definition) is 0. The Balaban J connectivity index is 1.26. The van der Waals surface area contributed by atoms with Gasteiger partial charge in [-0.2, -0.15) is 0 Å². The Labute approximate surface area is 184 Å². The van der Waals surface area contributed by atoms with Crippen molar-refractivity contribution in [2.45, 2.75) is 38.6 Å². The molecule has 2 fully saturated rings. The lowest BCUT2D eigenvalue weighted by Gasteiger charge is -2.38. The summed E-state index contributed by atoms with van der Waals surface area (Å²) in [5, 5.41) is 10.8. The van der Waals surface area contributed by atoms with E-state index in [0.717, 1.165) is 70.4 Å². The van der Waals surface area contributed by atoms with Gasteiger partial charge >= 0.3 is 0 Å². The lowest BCUT2D eigenvalue weighted by atomic mass is 9.89. The zero-order valence-electron chi connectivity index (χ0n) is 18.0. The Morgan fingerprint density at radius 2 is 1.65 bits per heavy atom. The van der Waals surface area contributed by atoms with Gasteiger partial charge in [-0.15, -0.1) is 0 Å². The van der Waals surface area contributed by atoms with Gasteiger partial charge in [0, 0.05) is 38.3 Å². The second-order valence-electron chi connectivity index (χ2n) is 8.96. The third-order valence-corrected chi connectivity index (χ3v) is 6.70. The molecule has 2 aliphatic heterocycles. The Bertz CT molecular complexity index is 877. The molecule has 0 N–H and O–H groups in total. The summed E-state index contributed by atoms with van der Waals surface area (Å²) in [6, 6.07) is 17.4. The fourth-order valence-corrected chi connectivity index (χ4v) is 4.95. The quantitative estimate of drug-likeness (QED) is 0.516. The third kappa shape index (κ3) is 5.70. The van der Waals surface area contributed by atoms with E-state index in [2.05, 4.69) is 40.1 Å². The van der Waals surface area contributed by atoms with Gasteiger partial charge < -0.3 is 4.90 Å². The number of likely N-dealkylation sites (tertiary alicyclic amines) is 2. The van der Waals surface area contributed by atoms with E-state index in [1.54, 1.807) is 12.1 Å². The monoisotopic (exact) mass is 421 g/mol. The molecule has 2 aliphatic rings. The maximum absolute atomic E-state index is 13.2. The van der Waals surface area contributed by atoms with Crippen molar-refractivity contribution in [3.05, 3.63) is 75.8 Å². The van der Waals surface area contributed by atoms with Crippen molar-refractivity contribution in [3.8, 4) is 0 Å². The Kier molecular flexibility index (Phi) is 6.97. The molecule has 0 saturated carbocycles. The molecule has 1 atom stereocenters. The van der Waals surface area contributed by atoms with Gasteiger partial charge in [0.1, 0.15) is 0 Å². The molecule has 1 amide bonds. The van der Waals surface area contributed by atoms with Crippen LogP contribution in [0.25, 0.3) is 0 Å². The Morgan fingerprint density at radius 1 is 0.935 bits per heavy atom. The highest BCUT2D eigenvalue weighted by molar-refractivity contribution is 5.79. The van der Waals surface area contributed by atoms with Crippen LogP contribution < -0.4 is 0 Å². The number of carbonyl (C=O) groups is 1. The third-order valence-electron chi connectivity index (χ3n) is 6.70. The molecule has 0 radical (unpaired) electrons. The molecule has 0 aromatic heterocycles. The van der Waals surface area contributed by atoms with Crippen LogP contribution >= 0.6 is 0 Å². The number of nitrogens with zero attached hydrogens (tertiary/aromatic N) is 3. The summed E-state index contributed by atoms with van der Waals surface area (Å²) < 4.78 is 0. The molecular weight excluding hydrogens is 390 g/mol. The normalized spacial score (nSPS) is 20.5. The number of rotatable bonds is 6. The molecule has 6 nitrogen and oxygen atoms in total. The molecule has 6 heteroatoms. The summed E-state index contributed by atoms with van der Waals surface area (Å²) >= 11 is 0. The van der Waals surface area contributed by atoms with Crippen LogP contribution in [0.4, 0.5) is 5.69 Å². The molecule has 0 aliphatic carbocycles. The van der Waals surface area contributed by atoms with Crippen LogP contribution in [-0.2, 0) is 17.8 Å². The number of hydrogen-bond acceptors (Lipinski definition) is 4. The van der Waals surface area contributed by atoms with E-state index >= 15 is 0 Å². The predicted molar refractivity (Wildman–Crippen MR) is 121 cm³/mol. The van der Waals surface area contributed by atoms with E-state index < -0.39 is 0 Å². The highest BCUT2D eigenvalue weighted by Gasteiger charge is 2.31. The first-order valence-electron chi connectivity index (χ1n) is 11.4. The van der Waals surface area contributed by atoms with Gasteiger partial charge in [-0.25, -0.2) is 0 Å². The van der Waals surface area contributed by atoms with Crippen LogP contribution in [0.3, 0.4) is 0 Å². The Hall–Kier alpha value is -2.73. The molecule has 0 bridgehead atoms. The van der Waals surface area contributed by atoms with Crippen molar-refractivity contribution in [1.82, 2.24) is 9.80 Å². The topological polar surface area (TPSA) is 66.7 Å². The zero-order valence-corrected chi connectivity index (χ0v) is 18.0.